The quantitative estimate of drug-likeness (QED) is 0.476. The van der Waals surface area contributed by atoms with Gasteiger partial charge in [-0.05, 0) is 30.7 Å². The fourth-order valence-corrected chi connectivity index (χ4v) is 2.24. The molecule has 0 fully saturated rings. The fraction of sp³-hybridized carbons (Fsp3) is 0.588. The number of unbranched alkanes of at least 4 members (excludes halogenated alkanes) is 2. The first kappa shape index (κ1) is 15.7. The topological polar surface area (TPSA) is 26.3 Å². The Morgan fingerprint density at radius 2 is 1.89 bits per heavy atom. The van der Waals surface area contributed by atoms with Gasteiger partial charge in [-0.25, -0.2) is 0 Å². The monoisotopic (exact) mass is 262 g/mol. The molecule has 19 heavy (non-hydrogen) atoms. The van der Waals surface area contributed by atoms with Crippen LogP contribution in [0, 0.1) is 0 Å². The van der Waals surface area contributed by atoms with E-state index in [1.165, 1.54) is 5.56 Å². The average molecular weight is 262 g/mol. The van der Waals surface area contributed by atoms with Crippen LogP contribution in [0.15, 0.2) is 30.3 Å². The van der Waals surface area contributed by atoms with Crippen molar-refractivity contribution < 1.29 is 9.53 Å². The second-order valence-electron chi connectivity index (χ2n) is 4.98. The van der Waals surface area contributed by atoms with Gasteiger partial charge in [-0.15, -0.1) is 0 Å². The SMILES string of the molecule is CCCCCC(=O)OCCC(CC)c1ccccc1. The van der Waals surface area contributed by atoms with Crippen molar-refractivity contribution in [2.75, 3.05) is 6.61 Å². The molecule has 2 heteroatoms. The van der Waals surface area contributed by atoms with E-state index in [1.54, 1.807) is 0 Å². The molecule has 0 aliphatic rings. The van der Waals surface area contributed by atoms with Crippen LogP contribution >= 0.6 is 0 Å². The minimum Gasteiger partial charge on any atom is -0.466 e. The number of benzene rings is 1. The standard InChI is InChI=1S/C17H26O2/c1-3-5-7-12-17(18)19-14-13-15(4-2)16-10-8-6-9-11-16/h6,8-11,15H,3-5,7,12-14H2,1-2H3. The van der Waals surface area contributed by atoms with Gasteiger partial charge < -0.3 is 4.74 Å². The van der Waals surface area contributed by atoms with Gasteiger partial charge in [0.15, 0.2) is 0 Å². The Labute approximate surface area is 117 Å². The Morgan fingerprint density at radius 1 is 1.16 bits per heavy atom. The second-order valence-corrected chi connectivity index (χ2v) is 4.98. The van der Waals surface area contributed by atoms with E-state index in [2.05, 4.69) is 38.1 Å². The number of carbonyl (C=O) groups excluding carboxylic acids is 1. The summed E-state index contributed by atoms with van der Waals surface area (Å²) in [6, 6.07) is 10.5. The summed E-state index contributed by atoms with van der Waals surface area (Å²) in [6.45, 7) is 4.86. The highest BCUT2D eigenvalue weighted by atomic mass is 16.5. The lowest BCUT2D eigenvalue weighted by Crippen LogP contribution is -2.09. The molecule has 106 valence electrons. The van der Waals surface area contributed by atoms with Gasteiger partial charge in [0.05, 0.1) is 6.61 Å². The third-order valence-electron chi connectivity index (χ3n) is 3.48. The van der Waals surface area contributed by atoms with Crippen molar-refractivity contribution in [2.45, 2.75) is 58.3 Å². The molecule has 0 spiro atoms. The molecule has 0 aliphatic carbocycles. The van der Waals surface area contributed by atoms with Crippen LogP contribution in [-0.4, -0.2) is 12.6 Å². The minimum atomic E-state index is -0.0450. The molecule has 0 saturated carbocycles. The van der Waals surface area contributed by atoms with E-state index in [0.29, 0.717) is 18.9 Å². The van der Waals surface area contributed by atoms with Gasteiger partial charge in [-0.3, -0.25) is 4.79 Å². The number of carbonyl (C=O) groups is 1. The first-order valence-electron chi connectivity index (χ1n) is 7.48. The summed E-state index contributed by atoms with van der Waals surface area (Å²) >= 11 is 0. The van der Waals surface area contributed by atoms with Gasteiger partial charge >= 0.3 is 5.97 Å². The van der Waals surface area contributed by atoms with Crippen LogP contribution in [0.3, 0.4) is 0 Å². The summed E-state index contributed by atoms with van der Waals surface area (Å²) in [5, 5.41) is 0. The summed E-state index contributed by atoms with van der Waals surface area (Å²) in [6.07, 6.45) is 5.76. The maximum absolute atomic E-state index is 11.5. The molecule has 1 atom stereocenters. The van der Waals surface area contributed by atoms with Crippen molar-refractivity contribution in [1.29, 1.82) is 0 Å². The maximum atomic E-state index is 11.5. The highest BCUT2D eigenvalue weighted by Crippen LogP contribution is 2.22. The Balaban J connectivity index is 2.25. The molecule has 1 aromatic rings. The van der Waals surface area contributed by atoms with Crippen LogP contribution in [0.1, 0.15) is 63.9 Å². The van der Waals surface area contributed by atoms with Crippen molar-refractivity contribution in [2.24, 2.45) is 0 Å². The largest absolute Gasteiger partial charge is 0.466 e. The predicted molar refractivity (Wildman–Crippen MR) is 79.2 cm³/mol. The van der Waals surface area contributed by atoms with Crippen molar-refractivity contribution in [3.63, 3.8) is 0 Å². The van der Waals surface area contributed by atoms with Crippen LogP contribution in [0.25, 0.3) is 0 Å². The summed E-state index contributed by atoms with van der Waals surface area (Å²) in [5.41, 5.74) is 1.34. The lowest BCUT2D eigenvalue weighted by Gasteiger charge is -2.15. The van der Waals surface area contributed by atoms with Gasteiger partial charge in [-0.2, -0.15) is 0 Å². The molecule has 0 saturated heterocycles. The van der Waals surface area contributed by atoms with Crippen molar-refractivity contribution in [3.8, 4) is 0 Å². The van der Waals surface area contributed by atoms with E-state index in [1.807, 2.05) is 6.07 Å². The van der Waals surface area contributed by atoms with E-state index < -0.39 is 0 Å². The number of rotatable bonds is 9. The van der Waals surface area contributed by atoms with E-state index in [4.69, 9.17) is 4.74 Å². The van der Waals surface area contributed by atoms with Gasteiger partial charge in [0.1, 0.15) is 0 Å². The van der Waals surface area contributed by atoms with Gasteiger partial charge in [0.2, 0.25) is 0 Å². The molecule has 1 aromatic carbocycles. The molecule has 2 nitrogen and oxygen atoms in total. The normalized spacial score (nSPS) is 12.1. The van der Waals surface area contributed by atoms with Gasteiger partial charge in [-0.1, -0.05) is 57.0 Å². The molecular weight excluding hydrogens is 236 g/mol. The zero-order chi connectivity index (χ0) is 13.9. The third-order valence-corrected chi connectivity index (χ3v) is 3.48. The first-order chi connectivity index (χ1) is 9.27. The van der Waals surface area contributed by atoms with E-state index in [-0.39, 0.29) is 5.97 Å². The predicted octanol–water partition coefficient (Wildman–Crippen LogP) is 4.69. The number of ether oxygens (including phenoxy) is 1. The molecular formula is C17H26O2. The lowest BCUT2D eigenvalue weighted by molar-refractivity contribution is -0.144. The van der Waals surface area contributed by atoms with Crippen molar-refractivity contribution in [1.82, 2.24) is 0 Å². The second kappa shape index (κ2) is 9.60. The Bertz CT molecular complexity index is 346. The van der Waals surface area contributed by atoms with Crippen molar-refractivity contribution >= 4 is 5.97 Å². The molecule has 0 aromatic heterocycles. The van der Waals surface area contributed by atoms with Crippen LogP contribution in [0.2, 0.25) is 0 Å². The summed E-state index contributed by atoms with van der Waals surface area (Å²) in [7, 11) is 0. The van der Waals surface area contributed by atoms with Crippen LogP contribution in [-0.2, 0) is 9.53 Å². The molecule has 0 amide bonds. The zero-order valence-electron chi connectivity index (χ0n) is 12.2. The van der Waals surface area contributed by atoms with Gasteiger partial charge in [0, 0.05) is 6.42 Å². The Kier molecular flexibility index (Phi) is 7.95. The maximum Gasteiger partial charge on any atom is 0.305 e. The van der Waals surface area contributed by atoms with Gasteiger partial charge in [0.25, 0.3) is 0 Å². The average Bonchev–Trinajstić information content (AvgIpc) is 2.45. The number of hydrogen-bond acceptors (Lipinski definition) is 2. The fourth-order valence-electron chi connectivity index (χ4n) is 2.24. The van der Waals surface area contributed by atoms with Crippen LogP contribution < -0.4 is 0 Å². The smallest absolute Gasteiger partial charge is 0.305 e. The molecule has 0 heterocycles. The first-order valence-corrected chi connectivity index (χ1v) is 7.48. The molecule has 0 bridgehead atoms. The molecule has 0 N–H and O–H groups in total. The molecule has 0 aliphatic heterocycles. The minimum absolute atomic E-state index is 0.0450. The van der Waals surface area contributed by atoms with E-state index >= 15 is 0 Å². The molecule has 0 radical (unpaired) electrons. The Hall–Kier alpha value is -1.31. The number of esters is 1. The summed E-state index contributed by atoms with van der Waals surface area (Å²) in [5.74, 6) is 0.445. The van der Waals surface area contributed by atoms with Crippen LogP contribution in [0.4, 0.5) is 0 Å². The molecule has 1 rings (SSSR count). The zero-order valence-corrected chi connectivity index (χ0v) is 12.2. The highest BCUT2D eigenvalue weighted by Gasteiger charge is 2.10. The molecule has 1 unspecified atom stereocenters. The van der Waals surface area contributed by atoms with Crippen molar-refractivity contribution in [3.05, 3.63) is 35.9 Å². The number of hydrogen-bond donors (Lipinski definition) is 0. The van der Waals surface area contributed by atoms with E-state index in [9.17, 15) is 4.79 Å². The van der Waals surface area contributed by atoms with E-state index in [0.717, 1.165) is 32.1 Å². The lowest BCUT2D eigenvalue weighted by atomic mass is 9.94. The van der Waals surface area contributed by atoms with Crippen LogP contribution in [0.5, 0.6) is 0 Å². The Morgan fingerprint density at radius 3 is 2.53 bits per heavy atom. The highest BCUT2D eigenvalue weighted by molar-refractivity contribution is 5.69. The third kappa shape index (κ3) is 6.42. The summed E-state index contributed by atoms with van der Waals surface area (Å²) in [4.78, 5) is 11.5. The summed E-state index contributed by atoms with van der Waals surface area (Å²) < 4.78 is 5.30.